The molecular formula is C11H10Cl2N2O5. The van der Waals surface area contributed by atoms with Crippen molar-refractivity contribution in [2.45, 2.75) is 12.5 Å². The summed E-state index contributed by atoms with van der Waals surface area (Å²) < 4.78 is 0. The highest BCUT2D eigenvalue weighted by molar-refractivity contribution is 6.37. The van der Waals surface area contributed by atoms with E-state index in [-0.39, 0.29) is 21.3 Å². The molecule has 0 heterocycles. The molecule has 7 nitrogen and oxygen atoms in total. The lowest BCUT2D eigenvalue weighted by Crippen LogP contribution is -2.37. The predicted octanol–water partition coefficient (Wildman–Crippen LogP) is 1.43. The fraction of sp³-hybridized carbons (Fsp3) is 0.182. The fourth-order valence-corrected chi connectivity index (χ4v) is 1.91. The van der Waals surface area contributed by atoms with Gasteiger partial charge in [-0.3, -0.25) is 9.59 Å². The van der Waals surface area contributed by atoms with E-state index < -0.39 is 30.3 Å². The molecule has 0 aromatic heterocycles. The minimum atomic E-state index is -1.35. The summed E-state index contributed by atoms with van der Waals surface area (Å²) in [4.78, 5) is 33.2. The predicted molar refractivity (Wildman–Crippen MR) is 72.3 cm³/mol. The highest BCUT2D eigenvalue weighted by Crippen LogP contribution is 2.30. The number of nitrogens with one attached hydrogen (secondary N) is 1. The number of carboxylic acids is 2. The molecular weight excluding hydrogens is 311 g/mol. The van der Waals surface area contributed by atoms with Gasteiger partial charge in [0, 0.05) is 5.02 Å². The maximum Gasteiger partial charge on any atom is 0.337 e. The number of amides is 1. The number of benzene rings is 1. The maximum atomic E-state index is 11.7. The van der Waals surface area contributed by atoms with Gasteiger partial charge in [0.1, 0.15) is 0 Å². The third-order valence-corrected chi connectivity index (χ3v) is 2.78. The van der Waals surface area contributed by atoms with Crippen molar-refractivity contribution in [3.05, 3.63) is 27.7 Å². The van der Waals surface area contributed by atoms with Gasteiger partial charge in [0.25, 0.3) is 0 Å². The van der Waals surface area contributed by atoms with E-state index in [9.17, 15) is 14.4 Å². The van der Waals surface area contributed by atoms with Crippen LogP contribution in [0.1, 0.15) is 16.8 Å². The number of nitrogens with two attached hydrogens (primary N) is 1. The van der Waals surface area contributed by atoms with Crippen molar-refractivity contribution in [2.24, 2.45) is 5.73 Å². The van der Waals surface area contributed by atoms with Crippen molar-refractivity contribution < 1.29 is 24.6 Å². The second-order valence-corrected chi connectivity index (χ2v) is 4.65. The maximum absolute atomic E-state index is 11.7. The molecule has 0 bridgehead atoms. The number of aromatic carboxylic acids is 1. The van der Waals surface area contributed by atoms with Crippen LogP contribution in [-0.2, 0) is 9.59 Å². The summed E-state index contributed by atoms with van der Waals surface area (Å²) in [5, 5.41) is 19.7. The summed E-state index contributed by atoms with van der Waals surface area (Å²) in [6, 6.07) is 1.02. The van der Waals surface area contributed by atoms with Crippen molar-refractivity contribution in [1.29, 1.82) is 0 Å². The Morgan fingerprint density at radius 2 is 1.85 bits per heavy atom. The molecule has 0 spiro atoms. The van der Waals surface area contributed by atoms with Crippen molar-refractivity contribution in [3.63, 3.8) is 0 Å². The number of rotatable bonds is 5. The summed E-state index contributed by atoms with van der Waals surface area (Å²) in [6.45, 7) is 0. The van der Waals surface area contributed by atoms with Crippen molar-refractivity contribution in [2.75, 3.05) is 5.32 Å². The van der Waals surface area contributed by atoms with Crippen LogP contribution in [0.15, 0.2) is 12.1 Å². The molecule has 5 N–H and O–H groups in total. The summed E-state index contributed by atoms with van der Waals surface area (Å²) in [7, 11) is 0. The van der Waals surface area contributed by atoms with E-state index >= 15 is 0 Å². The van der Waals surface area contributed by atoms with E-state index in [1.54, 1.807) is 0 Å². The van der Waals surface area contributed by atoms with Gasteiger partial charge in [0.05, 0.1) is 28.7 Å². The zero-order chi connectivity index (χ0) is 15.4. The smallest absolute Gasteiger partial charge is 0.337 e. The number of carboxylic acid groups (broad SMARTS) is 2. The number of halogens is 2. The normalized spacial score (nSPS) is 11.8. The highest BCUT2D eigenvalue weighted by atomic mass is 35.5. The molecule has 1 atom stereocenters. The van der Waals surface area contributed by atoms with Gasteiger partial charge < -0.3 is 21.3 Å². The van der Waals surface area contributed by atoms with Gasteiger partial charge in [-0.25, -0.2) is 4.79 Å². The Morgan fingerprint density at radius 1 is 1.25 bits per heavy atom. The first-order valence-electron chi connectivity index (χ1n) is 5.23. The summed E-state index contributed by atoms with van der Waals surface area (Å²) in [5.74, 6) is -3.47. The van der Waals surface area contributed by atoms with Gasteiger partial charge in [-0.15, -0.1) is 0 Å². The third-order valence-electron chi connectivity index (χ3n) is 2.26. The number of aliphatic carboxylic acids is 1. The van der Waals surface area contributed by atoms with Crippen molar-refractivity contribution >= 4 is 46.7 Å². The quantitative estimate of drug-likeness (QED) is 0.649. The summed E-state index contributed by atoms with van der Waals surface area (Å²) in [6.07, 6.45) is -0.598. The first-order valence-corrected chi connectivity index (χ1v) is 5.98. The highest BCUT2D eigenvalue weighted by Gasteiger charge is 2.22. The summed E-state index contributed by atoms with van der Waals surface area (Å²) >= 11 is 11.5. The largest absolute Gasteiger partial charge is 0.481 e. The number of anilines is 1. The molecule has 1 aromatic rings. The lowest BCUT2D eigenvalue weighted by Gasteiger charge is -2.14. The Bertz CT molecular complexity index is 576. The average molecular weight is 321 g/mol. The first-order chi connectivity index (χ1) is 9.22. The van der Waals surface area contributed by atoms with Crippen LogP contribution in [0, 0.1) is 0 Å². The molecule has 1 aromatic carbocycles. The molecule has 0 saturated carbocycles. The molecule has 1 unspecified atom stereocenters. The van der Waals surface area contributed by atoms with Gasteiger partial charge in [-0.1, -0.05) is 23.2 Å². The molecule has 108 valence electrons. The molecule has 1 rings (SSSR count). The zero-order valence-electron chi connectivity index (χ0n) is 9.89. The first kappa shape index (κ1) is 16.2. The van der Waals surface area contributed by atoms with Gasteiger partial charge in [-0.2, -0.15) is 0 Å². The number of hydrogen-bond acceptors (Lipinski definition) is 4. The topological polar surface area (TPSA) is 130 Å². The molecule has 1 amide bonds. The average Bonchev–Trinajstić information content (AvgIpc) is 2.30. The van der Waals surface area contributed by atoms with Crippen molar-refractivity contribution in [3.8, 4) is 0 Å². The Hall–Kier alpha value is -1.83. The molecule has 0 aliphatic carbocycles. The van der Waals surface area contributed by atoms with Crippen LogP contribution in [0.2, 0.25) is 10.0 Å². The van der Waals surface area contributed by atoms with E-state index in [0.29, 0.717) is 0 Å². The minimum absolute atomic E-state index is 0.0835. The van der Waals surface area contributed by atoms with E-state index in [4.69, 9.17) is 39.1 Å². The third kappa shape index (κ3) is 4.09. The van der Waals surface area contributed by atoms with Crippen LogP contribution in [0.5, 0.6) is 0 Å². The Morgan fingerprint density at radius 3 is 2.35 bits per heavy atom. The fourth-order valence-electron chi connectivity index (χ4n) is 1.37. The molecule has 0 fully saturated rings. The Labute approximate surface area is 123 Å². The van der Waals surface area contributed by atoms with Gasteiger partial charge in [0.2, 0.25) is 5.91 Å². The van der Waals surface area contributed by atoms with Gasteiger partial charge in [-0.05, 0) is 12.1 Å². The molecule has 0 aliphatic heterocycles. The number of carbonyl (C=O) groups is 3. The van der Waals surface area contributed by atoms with E-state index in [1.165, 1.54) is 6.07 Å². The number of hydrogen-bond donors (Lipinski definition) is 4. The van der Waals surface area contributed by atoms with E-state index in [2.05, 4.69) is 5.32 Å². The molecule has 20 heavy (non-hydrogen) atoms. The van der Waals surface area contributed by atoms with Crippen LogP contribution in [0.3, 0.4) is 0 Å². The monoisotopic (exact) mass is 320 g/mol. The Balaban J connectivity index is 3.05. The minimum Gasteiger partial charge on any atom is -0.481 e. The van der Waals surface area contributed by atoms with Crippen LogP contribution in [0.4, 0.5) is 5.69 Å². The standard InChI is InChI=1S/C11H10Cl2N2O5/c12-4-1-5(11(19)20)9(6(13)2-4)15-10(18)7(14)3-8(16)17/h1-2,7H,3,14H2,(H,15,18)(H,16,17)(H,19,20). The molecule has 0 saturated heterocycles. The molecule has 0 radical (unpaired) electrons. The summed E-state index contributed by atoms with van der Waals surface area (Å²) in [5.41, 5.74) is 4.86. The molecule has 9 heteroatoms. The van der Waals surface area contributed by atoms with Crippen LogP contribution in [0.25, 0.3) is 0 Å². The van der Waals surface area contributed by atoms with E-state index in [0.717, 1.165) is 6.07 Å². The number of carbonyl (C=O) groups excluding carboxylic acids is 1. The molecule has 0 aliphatic rings. The van der Waals surface area contributed by atoms with Crippen LogP contribution < -0.4 is 11.1 Å². The lowest BCUT2D eigenvalue weighted by molar-refractivity contribution is -0.138. The lowest BCUT2D eigenvalue weighted by atomic mass is 10.1. The zero-order valence-corrected chi connectivity index (χ0v) is 11.4. The van der Waals surface area contributed by atoms with Crippen LogP contribution >= 0.6 is 23.2 Å². The van der Waals surface area contributed by atoms with Gasteiger partial charge in [0.15, 0.2) is 0 Å². The van der Waals surface area contributed by atoms with Crippen LogP contribution in [-0.4, -0.2) is 34.1 Å². The van der Waals surface area contributed by atoms with E-state index in [1.807, 2.05) is 0 Å². The SMILES string of the molecule is NC(CC(=O)O)C(=O)Nc1c(Cl)cc(Cl)cc1C(=O)O. The second-order valence-electron chi connectivity index (χ2n) is 3.81. The Kier molecular flexibility index (Phi) is 5.32. The second kappa shape index (κ2) is 6.56. The van der Waals surface area contributed by atoms with Gasteiger partial charge >= 0.3 is 11.9 Å². The van der Waals surface area contributed by atoms with Crippen molar-refractivity contribution in [1.82, 2.24) is 0 Å².